The number of rotatable bonds is 9. The number of likely N-dealkylation sites (tertiary alicyclic amines) is 1. The number of carbonyl (C=O) groups excluding carboxylic acids is 1. The van der Waals surface area contributed by atoms with E-state index in [9.17, 15) is 18.8 Å². The Balaban J connectivity index is 1.35. The number of carbonyl (C=O) groups is 1. The average Bonchev–Trinajstić information content (AvgIpc) is 3.68. The van der Waals surface area contributed by atoms with Gasteiger partial charge in [-0.25, -0.2) is 24.1 Å². The van der Waals surface area contributed by atoms with Crippen LogP contribution in [0.2, 0.25) is 10.0 Å². The summed E-state index contributed by atoms with van der Waals surface area (Å²) < 4.78 is 51.0. The number of aryl methyl sites for hydroxylation is 2. The Morgan fingerprint density at radius 1 is 1.21 bits per heavy atom. The molecule has 0 saturated carbocycles. The van der Waals surface area contributed by atoms with Crippen molar-refractivity contribution in [3.63, 3.8) is 0 Å². The first-order valence-electron chi connectivity index (χ1n) is 16.5. The Labute approximate surface area is 323 Å². The highest BCUT2D eigenvalue weighted by Gasteiger charge is 2.50. The van der Waals surface area contributed by atoms with E-state index in [0.29, 0.717) is 64.5 Å². The van der Waals surface area contributed by atoms with Crippen molar-refractivity contribution in [2.75, 3.05) is 30.3 Å². The predicted molar refractivity (Wildman–Crippen MR) is 206 cm³/mol. The fourth-order valence-corrected chi connectivity index (χ4v) is 8.65. The zero-order valence-corrected chi connectivity index (χ0v) is 32.4. The summed E-state index contributed by atoms with van der Waals surface area (Å²) in [7, 11) is 1.53. The summed E-state index contributed by atoms with van der Waals surface area (Å²) >= 11 is 15.1. The van der Waals surface area contributed by atoms with Crippen LogP contribution in [0.25, 0.3) is 32.9 Å². The van der Waals surface area contributed by atoms with Crippen molar-refractivity contribution in [2.24, 2.45) is 5.92 Å². The molecule has 0 radical (unpaired) electrons. The third kappa shape index (κ3) is 6.73. The molecule has 2 bridgehead atoms. The van der Waals surface area contributed by atoms with E-state index < -0.39 is 23.9 Å². The predicted octanol–water partition coefficient (Wildman–Crippen LogP) is 9.97. The Morgan fingerprint density at radius 2 is 2.02 bits per heavy atom. The highest BCUT2D eigenvalue weighted by Crippen LogP contribution is 2.47. The number of aromatic amines is 1. The summed E-state index contributed by atoms with van der Waals surface area (Å²) in [6.07, 6.45) is 1.73. The van der Waals surface area contributed by atoms with Gasteiger partial charge in [0, 0.05) is 77.5 Å². The number of hydrogen-bond donors (Lipinski definition) is 1. The molecule has 5 heterocycles. The van der Waals surface area contributed by atoms with Crippen molar-refractivity contribution in [3.05, 3.63) is 81.2 Å². The van der Waals surface area contributed by atoms with Crippen LogP contribution in [0.3, 0.4) is 0 Å². The van der Waals surface area contributed by atoms with E-state index in [0.717, 1.165) is 18.6 Å². The lowest BCUT2D eigenvalue weighted by Crippen LogP contribution is -2.45. The van der Waals surface area contributed by atoms with Crippen molar-refractivity contribution in [2.45, 2.75) is 51.1 Å². The van der Waals surface area contributed by atoms with Gasteiger partial charge in [0.2, 0.25) is 0 Å². The lowest BCUT2D eigenvalue weighted by molar-refractivity contribution is 0.0126. The SMILES string of the molecule is Cc1nc2c(F)c(-c3cccc(Cl)c3Cl)c(CCC#N)cc2c2[nH]c(C3C4CC(CN(c5cc(C(C)(F)F)ncn5)C4)N3C(=O)OCCSI)cc12. The minimum atomic E-state index is -3.14. The molecule has 52 heavy (non-hydrogen) atoms. The first-order chi connectivity index (χ1) is 24.9. The van der Waals surface area contributed by atoms with Crippen LogP contribution >= 0.6 is 53.3 Å². The van der Waals surface area contributed by atoms with Crippen LogP contribution in [0.5, 0.6) is 0 Å². The van der Waals surface area contributed by atoms with E-state index in [2.05, 4.69) is 42.2 Å². The standard InChI is InChI=1S/C36H31Cl2F3IN7O2S/c1-18-23-13-26(47-32(23)24-12-19(5-4-8-43)29(31(39)33(24)46-18)22-6-3-7-25(37)30(22)38)34-20-11-21(49(34)35(50)51-9-10-52-42)16-48(15-20)28-14-27(36(2,40)41)44-17-45-28/h3,6-7,12-14,17,20-21,34,47H,4-5,9-11,15-16H2,1-2H3. The number of ether oxygens (including phenoxy) is 1. The lowest BCUT2D eigenvalue weighted by atomic mass is 9.93. The molecule has 1 amide bonds. The van der Waals surface area contributed by atoms with E-state index in [1.165, 1.54) is 15.0 Å². The van der Waals surface area contributed by atoms with Gasteiger partial charge in [0.25, 0.3) is 5.92 Å². The Kier molecular flexibility index (Phi) is 10.4. The van der Waals surface area contributed by atoms with Gasteiger partial charge in [-0.1, -0.05) is 44.3 Å². The van der Waals surface area contributed by atoms with Gasteiger partial charge in [0.05, 0.1) is 33.7 Å². The van der Waals surface area contributed by atoms with Crippen molar-refractivity contribution < 1.29 is 22.7 Å². The smallest absolute Gasteiger partial charge is 0.410 e. The Hall–Kier alpha value is -3.52. The molecule has 3 unspecified atom stereocenters. The Morgan fingerprint density at radius 3 is 2.77 bits per heavy atom. The molecule has 0 aliphatic carbocycles. The number of amides is 1. The molecular weight excluding hydrogens is 849 g/mol. The number of alkyl halides is 2. The minimum absolute atomic E-state index is 0.126. The van der Waals surface area contributed by atoms with Crippen molar-refractivity contribution >= 4 is 87.1 Å². The molecule has 1 N–H and O–H groups in total. The van der Waals surface area contributed by atoms with E-state index in [1.54, 1.807) is 30.0 Å². The van der Waals surface area contributed by atoms with Crippen LogP contribution in [-0.4, -0.2) is 62.4 Å². The monoisotopic (exact) mass is 879 g/mol. The van der Waals surface area contributed by atoms with E-state index in [4.69, 9.17) is 32.9 Å². The second-order valence-electron chi connectivity index (χ2n) is 13.1. The van der Waals surface area contributed by atoms with Gasteiger partial charge >= 0.3 is 6.09 Å². The van der Waals surface area contributed by atoms with Crippen molar-refractivity contribution in [1.82, 2.24) is 24.8 Å². The highest BCUT2D eigenvalue weighted by molar-refractivity contribution is 14.2. The average molecular weight is 881 g/mol. The molecule has 5 aromatic rings. The summed E-state index contributed by atoms with van der Waals surface area (Å²) in [6, 6.07) is 11.5. The number of fused-ring (bicyclic) bond motifs is 5. The molecular formula is C36H31Cl2F3IN7O2S. The summed E-state index contributed by atoms with van der Waals surface area (Å²) in [4.78, 5) is 33.8. The fraction of sp³-hybridized carbons (Fsp3) is 0.361. The third-order valence-electron chi connectivity index (χ3n) is 9.77. The van der Waals surface area contributed by atoms with Gasteiger partial charge in [-0.2, -0.15) is 14.0 Å². The number of H-pyrrole nitrogens is 1. The summed E-state index contributed by atoms with van der Waals surface area (Å²) in [6.45, 7) is 3.61. The lowest BCUT2D eigenvalue weighted by Gasteiger charge is -2.33. The largest absolute Gasteiger partial charge is 0.448 e. The number of nitriles is 1. The fourth-order valence-electron chi connectivity index (χ4n) is 7.57. The zero-order chi connectivity index (χ0) is 36.9. The highest BCUT2D eigenvalue weighted by atomic mass is 127. The molecule has 2 aromatic carbocycles. The van der Waals surface area contributed by atoms with Crippen LogP contribution in [0.15, 0.2) is 42.7 Å². The van der Waals surface area contributed by atoms with Crippen LogP contribution in [0.1, 0.15) is 48.5 Å². The maximum Gasteiger partial charge on any atom is 0.410 e. The number of benzene rings is 2. The van der Waals surface area contributed by atoms with Crippen molar-refractivity contribution in [3.8, 4) is 17.2 Å². The van der Waals surface area contributed by atoms with Crippen LogP contribution in [0, 0.1) is 30.0 Å². The number of nitrogens with one attached hydrogen (secondary N) is 1. The Bertz CT molecular complexity index is 2250. The van der Waals surface area contributed by atoms with Gasteiger partial charge in [0.1, 0.15) is 30.0 Å². The quantitative estimate of drug-likeness (QED) is 0.115. The van der Waals surface area contributed by atoms with Gasteiger partial charge in [-0.3, -0.25) is 4.90 Å². The minimum Gasteiger partial charge on any atom is -0.448 e. The summed E-state index contributed by atoms with van der Waals surface area (Å²) in [5.41, 5.74) is 2.89. The first-order valence-corrected chi connectivity index (χ1v) is 20.8. The molecule has 270 valence electrons. The van der Waals surface area contributed by atoms with Crippen molar-refractivity contribution in [1.29, 1.82) is 5.26 Å². The number of hydrogen-bond acceptors (Lipinski definition) is 8. The molecule has 0 spiro atoms. The maximum atomic E-state index is 16.8. The number of piperidine rings is 1. The third-order valence-corrected chi connectivity index (χ3v) is 12.2. The van der Waals surface area contributed by atoms with Gasteiger partial charge in [-0.05, 0) is 64.7 Å². The number of aromatic nitrogens is 4. The topological polar surface area (TPSA) is 111 Å². The molecule has 2 aliphatic rings. The second kappa shape index (κ2) is 14.7. The molecule has 2 saturated heterocycles. The summed E-state index contributed by atoms with van der Waals surface area (Å²) in [5, 5.41) is 11.2. The molecule has 2 aliphatic heterocycles. The number of nitrogens with zero attached hydrogens (tertiary/aromatic N) is 6. The maximum absolute atomic E-state index is 16.8. The molecule has 3 aromatic heterocycles. The van der Waals surface area contributed by atoms with Crippen LogP contribution in [0.4, 0.5) is 23.8 Å². The molecule has 7 rings (SSSR count). The van der Waals surface area contributed by atoms with Crippen LogP contribution in [-0.2, 0) is 17.1 Å². The van der Waals surface area contributed by atoms with E-state index >= 15 is 4.39 Å². The molecule has 9 nitrogen and oxygen atoms in total. The summed E-state index contributed by atoms with van der Waals surface area (Å²) in [5.74, 6) is -2.88. The van der Waals surface area contributed by atoms with Crippen LogP contribution < -0.4 is 4.90 Å². The zero-order valence-electron chi connectivity index (χ0n) is 27.9. The van der Waals surface area contributed by atoms with Gasteiger partial charge in [-0.15, -0.1) is 0 Å². The first kappa shape index (κ1) is 36.8. The number of pyridine rings is 1. The molecule has 16 heteroatoms. The van der Waals surface area contributed by atoms with E-state index in [1.807, 2.05) is 17.0 Å². The molecule has 3 atom stereocenters. The van der Waals surface area contributed by atoms with Gasteiger partial charge < -0.3 is 14.6 Å². The number of anilines is 1. The normalized spacial score (nSPS) is 18.7. The number of halogens is 6. The van der Waals surface area contributed by atoms with E-state index in [-0.39, 0.29) is 58.2 Å². The molecule has 2 fully saturated rings. The van der Waals surface area contributed by atoms with Gasteiger partial charge in [0.15, 0.2) is 5.82 Å². The second-order valence-corrected chi connectivity index (χ2v) is 16.4.